The largest absolute Gasteiger partial charge is 0.310 e. The Kier molecular flexibility index (Phi) is 5.22. The van der Waals surface area contributed by atoms with Gasteiger partial charge >= 0.3 is 0 Å². The van der Waals surface area contributed by atoms with E-state index < -0.39 is 0 Å². The molecule has 2 aromatic heterocycles. The summed E-state index contributed by atoms with van der Waals surface area (Å²) in [6.07, 6.45) is 0.556. The Hall–Kier alpha value is -3.32. The van der Waals surface area contributed by atoms with Gasteiger partial charge in [0, 0.05) is 23.8 Å². The summed E-state index contributed by atoms with van der Waals surface area (Å²) in [5, 5.41) is 5.89. The van der Waals surface area contributed by atoms with Crippen molar-refractivity contribution in [3.05, 3.63) is 75.1 Å². The molecule has 0 atom stereocenters. The topological polar surface area (TPSA) is 87.7 Å². The lowest BCUT2D eigenvalue weighted by molar-refractivity contribution is -0.116. The normalized spacial score (nSPS) is 11.0. The maximum atomic E-state index is 12.3. The van der Waals surface area contributed by atoms with Gasteiger partial charge in [0.1, 0.15) is 5.82 Å². The number of thiazole rings is 1. The number of hydrogen-bond acceptors (Lipinski definition) is 5. The number of aryl methyl sites for hydroxylation is 3. The second-order valence-electron chi connectivity index (χ2n) is 6.93. The molecule has 1 amide bonds. The minimum absolute atomic E-state index is 0.164. The van der Waals surface area contributed by atoms with Crippen LogP contribution in [0.3, 0.4) is 0 Å². The first-order valence-electron chi connectivity index (χ1n) is 9.30. The van der Waals surface area contributed by atoms with Crippen molar-refractivity contribution < 1.29 is 4.79 Å². The van der Waals surface area contributed by atoms with Crippen LogP contribution in [0.15, 0.2) is 52.6 Å². The summed E-state index contributed by atoms with van der Waals surface area (Å²) in [7, 11) is 0. The van der Waals surface area contributed by atoms with Gasteiger partial charge in [-0.1, -0.05) is 29.8 Å². The number of fused-ring (bicyclic) bond motifs is 1. The Morgan fingerprint density at radius 3 is 2.83 bits per heavy atom. The number of hydrogen-bond donors (Lipinski definition) is 2. The van der Waals surface area contributed by atoms with Crippen LogP contribution in [-0.2, 0) is 11.2 Å². The zero-order chi connectivity index (χ0) is 20.4. The number of nitrogens with one attached hydrogen (secondary N) is 2. The fourth-order valence-electron chi connectivity index (χ4n) is 3.13. The summed E-state index contributed by atoms with van der Waals surface area (Å²) < 4.78 is 0. The standard InChI is InChI=1S/C22H20N4O2S/c1-13-7-8-14(2)16(11-13)18-12-29-22(24-18)26-20(27)10-9-19-23-17-6-4-3-5-15(17)21(28)25-19/h3-8,11-12H,9-10H2,1-2H3,(H,23,25,28)(H,24,26,27). The zero-order valence-electron chi connectivity index (χ0n) is 16.2. The Balaban J connectivity index is 1.42. The van der Waals surface area contributed by atoms with Crippen molar-refractivity contribution in [3.8, 4) is 11.3 Å². The van der Waals surface area contributed by atoms with Crippen LogP contribution in [0.1, 0.15) is 23.4 Å². The van der Waals surface area contributed by atoms with E-state index in [-0.39, 0.29) is 17.9 Å². The van der Waals surface area contributed by atoms with Crippen molar-refractivity contribution in [1.82, 2.24) is 15.0 Å². The fourth-order valence-corrected chi connectivity index (χ4v) is 3.86. The Bertz CT molecular complexity index is 1260. The number of benzene rings is 2. The van der Waals surface area contributed by atoms with E-state index in [9.17, 15) is 9.59 Å². The highest BCUT2D eigenvalue weighted by Gasteiger charge is 2.11. The second-order valence-corrected chi connectivity index (χ2v) is 7.79. The molecule has 0 spiro atoms. The summed E-state index contributed by atoms with van der Waals surface area (Å²) in [5.41, 5.74) is 4.67. The summed E-state index contributed by atoms with van der Waals surface area (Å²) in [6.45, 7) is 4.09. The molecule has 0 aliphatic heterocycles. The van der Waals surface area contributed by atoms with E-state index in [1.807, 2.05) is 25.3 Å². The minimum atomic E-state index is -0.191. The number of para-hydroxylation sites is 1. The molecule has 29 heavy (non-hydrogen) atoms. The van der Waals surface area contributed by atoms with Gasteiger partial charge in [0.05, 0.1) is 16.6 Å². The van der Waals surface area contributed by atoms with E-state index in [1.165, 1.54) is 16.9 Å². The van der Waals surface area contributed by atoms with Gasteiger partial charge < -0.3 is 10.3 Å². The summed E-state index contributed by atoms with van der Waals surface area (Å²) in [5.74, 6) is 0.335. The first-order chi connectivity index (χ1) is 14.0. The van der Waals surface area contributed by atoms with Gasteiger partial charge in [0.15, 0.2) is 5.13 Å². The van der Waals surface area contributed by atoms with Crippen molar-refractivity contribution in [2.75, 3.05) is 5.32 Å². The van der Waals surface area contributed by atoms with E-state index in [0.717, 1.165) is 16.8 Å². The smallest absolute Gasteiger partial charge is 0.258 e. The van der Waals surface area contributed by atoms with Crippen LogP contribution in [-0.4, -0.2) is 20.9 Å². The molecular weight excluding hydrogens is 384 g/mol. The number of nitrogens with zero attached hydrogens (tertiary/aromatic N) is 2. The van der Waals surface area contributed by atoms with Crippen LogP contribution in [0.5, 0.6) is 0 Å². The van der Waals surface area contributed by atoms with Crippen LogP contribution in [0.25, 0.3) is 22.2 Å². The van der Waals surface area contributed by atoms with Crippen LogP contribution < -0.4 is 10.9 Å². The van der Waals surface area contributed by atoms with Crippen LogP contribution >= 0.6 is 11.3 Å². The number of H-pyrrole nitrogens is 1. The van der Waals surface area contributed by atoms with E-state index in [4.69, 9.17) is 0 Å². The highest BCUT2D eigenvalue weighted by atomic mass is 32.1. The predicted molar refractivity (Wildman–Crippen MR) is 116 cm³/mol. The summed E-state index contributed by atoms with van der Waals surface area (Å²) in [6, 6.07) is 13.4. The van der Waals surface area contributed by atoms with E-state index in [1.54, 1.807) is 18.2 Å². The van der Waals surface area contributed by atoms with Gasteiger partial charge in [-0.15, -0.1) is 11.3 Å². The maximum absolute atomic E-state index is 12.3. The molecule has 4 aromatic rings. The molecule has 0 aliphatic rings. The molecule has 0 bridgehead atoms. The average Bonchev–Trinajstić information content (AvgIpc) is 3.16. The van der Waals surface area contributed by atoms with Crippen molar-refractivity contribution in [2.24, 2.45) is 0 Å². The number of aromatic nitrogens is 3. The lowest BCUT2D eigenvalue weighted by Crippen LogP contribution is -2.16. The van der Waals surface area contributed by atoms with Crippen molar-refractivity contribution in [2.45, 2.75) is 26.7 Å². The van der Waals surface area contributed by atoms with Crippen molar-refractivity contribution >= 4 is 33.3 Å². The molecule has 0 fully saturated rings. The molecule has 2 heterocycles. The Morgan fingerprint density at radius 1 is 1.14 bits per heavy atom. The number of amides is 1. The molecule has 2 aromatic carbocycles. The van der Waals surface area contributed by atoms with E-state index >= 15 is 0 Å². The molecular formula is C22H20N4O2S. The van der Waals surface area contributed by atoms with Gasteiger partial charge in [-0.05, 0) is 37.6 Å². The predicted octanol–water partition coefficient (Wildman–Crippen LogP) is 4.23. The van der Waals surface area contributed by atoms with Gasteiger partial charge in [-0.3, -0.25) is 9.59 Å². The van der Waals surface area contributed by atoms with Crippen LogP contribution in [0.4, 0.5) is 5.13 Å². The number of rotatable bonds is 5. The first-order valence-corrected chi connectivity index (χ1v) is 10.2. The van der Waals surface area contributed by atoms with E-state index in [0.29, 0.717) is 28.3 Å². The third-order valence-electron chi connectivity index (χ3n) is 4.67. The molecule has 146 valence electrons. The third kappa shape index (κ3) is 4.25. The van der Waals surface area contributed by atoms with Gasteiger partial charge in [-0.2, -0.15) is 0 Å². The first kappa shape index (κ1) is 19.0. The molecule has 0 saturated carbocycles. The number of carbonyl (C=O) groups is 1. The lowest BCUT2D eigenvalue weighted by Gasteiger charge is -2.05. The molecule has 0 aliphatic carbocycles. The van der Waals surface area contributed by atoms with Crippen molar-refractivity contribution in [3.63, 3.8) is 0 Å². The molecule has 0 saturated heterocycles. The average molecular weight is 404 g/mol. The Morgan fingerprint density at radius 2 is 1.97 bits per heavy atom. The number of carbonyl (C=O) groups excluding carboxylic acids is 1. The summed E-state index contributed by atoms with van der Waals surface area (Å²) in [4.78, 5) is 36.2. The number of aromatic amines is 1. The molecule has 0 unspecified atom stereocenters. The number of anilines is 1. The fraction of sp³-hybridized carbons (Fsp3) is 0.182. The molecule has 2 N–H and O–H groups in total. The lowest BCUT2D eigenvalue weighted by atomic mass is 10.0. The maximum Gasteiger partial charge on any atom is 0.258 e. The SMILES string of the molecule is Cc1ccc(C)c(-c2csc(NC(=O)CCc3nc4ccccc4c(=O)[nH]3)n2)c1. The monoisotopic (exact) mass is 404 g/mol. The molecule has 4 rings (SSSR count). The third-order valence-corrected chi connectivity index (χ3v) is 5.43. The van der Waals surface area contributed by atoms with Crippen LogP contribution in [0.2, 0.25) is 0 Å². The highest BCUT2D eigenvalue weighted by molar-refractivity contribution is 7.14. The zero-order valence-corrected chi connectivity index (χ0v) is 17.0. The molecule has 6 nitrogen and oxygen atoms in total. The Labute approximate surface area is 171 Å². The molecule has 0 radical (unpaired) electrons. The van der Waals surface area contributed by atoms with Crippen molar-refractivity contribution in [1.29, 1.82) is 0 Å². The van der Waals surface area contributed by atoms with E-state index in [2.05, 4.69) is 38.5 Å². The highest BCUT2D eigenvalue weighted by Crippen LogP contribution is 2.28. The second kappa shape index (κ2) is 7.97. The van der Waals surface area contributed by atoms with Gasteiger partial charge in [-0.25, -0.2) is 9.97 Å². The van der Waals surface area contributed by atoms with Gasteiger partial charge in [0.2, 0.25) is 5.91 Å². The molecule has 7 heteroatoms. The van der Waals surface area contributed by atoms with Crippen LogP contribution in [0, 0.1) is 13.8 Å². The minimum Gasteiger partial charge on any atom is -0.310 e. The summed E-state index contributed by atoms with van der Waals surface area (Å²) >= 11 is 1.40. The van der Waals surface area contributed by atoms with Gasteiger partial charge in [0.25, 0.3) is 5.56 Å². The quantitative estimate of drug-likeness (QED) is 0.521.